The molecule has 0 spiro atoms. The molecule has 3 atom stereocenters. The average molecular weight is 1300 g/mol. The highest BCUT2D eigenvalue weighted by atomic mass is 16.5. The normalized spacial score (nSPS) is 14.4. The van der Waals surface area contributed by atoms with E-state index in [1.807, 2.05) is 16.0 Å². The Morgan fingerprint density at radius 2 is 1.09 bits per heavy atom. The summed E-state index contributed by atoms with van der Waals surface area (Å²) < 4.78 is 19.9. The van der Waals surface area contributed by atoms with Gasteiger partial charge in [0, 0.05) is 117 Å². The molecule has 28 heteroatoms. The van der Waals surface area contributed by atoms with Crippen LogP contribution in [0, 0.1) is 18.3 Å². The third kappa shape index (κ3) is 31.3. The molecule has 0 bridgehead atoms. The first kappa shape index (κ1) is 76.9. The number of nitrogens with zero attached hydrogens (tertiary/aromatic N) is 14. The molecule has 0 aromatic carbocycles. The largest absolute Gasteiger partial charge is 0.396 e. The summed E-state index contributed by atoms with van der Waals surface area (Å²) in [5, 5.41) is 35.7. The van der Waals surface area contributed by atoms with Crippen molar-refractivity contribution in [3.63, 3.8) is 0 Å². The zero-order valence-electron chi connectivity index (χ0n) is 56.3. The van der Waals surface area contributed by atoms with Crippen molar-refractivity contribution in [3.05, 3.63) is 23.8 Å². The second kappa shape index (κ2) is 47.1. The van der Waals surface area contributed by atoms with E-state index < -0.39 is 12.1 Å². The maximum atomic E-state index is 13.4. The monoisotopic (exact) mass is 1300 g/mol. The number of carbonyl (C=O) groups excluding carboxylic acids is 4. The van der Waals surface area contributed by atoms with Crippen LogP contribution in [0.3, 0.4) is 0 Å². The Hall–Kier alpha value is -6.80. The molecular formula is C65H114N20O8. The van der Waals surface area contributed by atoms with Crippen molar-refractivity contribution in [1.82, 2.24) is 65.4 Å². The molecule has 2 aliphatic rings. The quantitative estimate of drug-likeness (QED) is 0.0177. The summed E-state index contributed by atoms with van der Waals surface area (Å²) in [6, 6.07) is -0.918. The van der Waals surface area contributed by atoms with Gasteiger partial charge in [0.2, 0.25) is 41.5 Å². The van der Waals surface area contributed by atoms with E-state index in [-0.39, 0.29) is 42.8 Å². The van der Waals surface area contributed by atoms with Gasteiger partial charge in [-0.3, -0.25) is 24.2 Å². The number of carbonyl (C=O) groups is 4. The minimum absolute atomic E-state index is 0.0181. The van der Waals surface area contributed by atoms with E-state index in [1.165, 1.54) is 0 Å². The number of aliphatic hydroxyl groups is 1. The van der Waals surface area contributed by atoms with Crippen molar-refractivity contribution in [2.24, 2.45) is 28.1 Å². The molecule has 0 aliphatic carbocycles. The fraction of sp³-hybridized carbons (Fsp3) is 0.785. The number of amides is 4. The highest BCUT2D eigenvalue weighted by Crippen LogP contribution is 2.23. The van der Waals surface area contributed by atoms with Gasteiger partial charge in [0.1, 0.15) is 18.7 Å². The fourth-order valence-electron chi connectivity index (χ4n) is 11.2. The second-order valence-corrected chi connectivity index (χ2v) is 24.5. The third-order valence-electron chi connectivity index (χ3n) is 17.0. The Bertz CT molecular complexity index is 2600. The molecule has 2 saturated heterocycles. The van der Waals surface area contributed by atoms with Gasteiger partial charge in [-0.25, -0.2) is 9.36 Å². The van der Waals surface area contributed by atoms with Gasteiger partial charge in [0.05, 0.1) is 44.4 Å². The van der Waals surface area contributed by atoms with Crippen LogP contribution < -0.4 is 43.0 Å². The average Bonchev–Trinajstić information content (AvgIpc) is 1.62. The fourth-order valence-corrected chi connectivity index (χ4v) is 11.2. The van der Waals surface area contributed by atoms with E-state index in [0.29, 0.717) is 186 Å². The second-order valence-electron chi connectivity index (χ2n) is 24.5. The lowest BCUT2D eigenvalue weighted by Gasteiger charge is -2.36. The lowest BCUT2D eigenvalue weighted by Crippen LogP contribution is -2.50. The zero-order valence-corrected chi connectivity index (χ0v) is 56.3. The predicted molar refractivity (Wildman–Crippen MR) is 361 cm³/mol. The third-order valence-corrected chi connectivity index (χ3v) is 17.0. The first-order chi connectivity index (χ1) is 45.4. The maximum Gasteiger partial charge on any atom is 0.244 e. The molecule has 0 unspecified atom stereocenters. The SMILES string of the molecule is C#CCOCCOCCOCCNc1nc(N2CCN(C(=O)CCCCCCCCCCNC(=O)[C@@H](CCCN=C(N)N)n3cc(C[C@@H](C)CC)nn3)CC2)nc(N2CCN(C(=O)CCCCCCCCCCNC(=O)[C@H](CCCCN)n3cc(CCO)nn3)CC2)n1. The first-order valence-electron chi connectivity index (χ1n) is 34.9. The Balaban J connectivity index is 0.962. The number of hydrogen-bond acceptors (Lipinski definition) is 20. The minimum Gasteiger partial charge on any atom is -0.396 e. The molecule has 0 saturated carbocycles. The van der Waals surface area contributed by atoms with Crippen LogP contribution in [-0.2, 0) is 46.2 Å². The van der Waals surface area contributed by atoms with Gasteiger partial charge in [0.15, 0.2) is 5.96 Å². The van der Waals surface area contributed by atoms with Gasteiger partial charge < -0.3 is 72.1 Å². The maximum absolute atomic E-state index is 13.4. The molecule has 0 radical (unpaired) electrons. The van der Waals surface area contributed by atoms with Crippen LogP contribution in [0.5, 0.6) is 0 Å². The predicted octanol–water partition coefficient (Wildman–Crippen LogP) is 4.49. The number of rotatable bonds is 52. The Morgan fingerprint density at radius 3 is 1.58 bits per heavy atom. The Morgan fingerprint density at radius 1 is 0.613 bits per heavy atom. The van der Waals surface area contributed by atoms with Gasteiger partial charge in [-0.05, 0) is 76.7 Å². The van der Waals surface area contributed by atoms with Crippen LogP contribution in [0.1, 0.15) is 191 Å². The van der Waals surface area contributed by atoms with Crippen LogP contribution in [-0.4, -0.2) is 221 Å². The molecule has 5 rings (SSSR count). The van der Waals surface area contributed by atoms with Crippen molar-refractivity contribution in [2.45, 2.75) is 193 Å². The van der Waals surface area contributed by atoms with E-state index in [0.717, 1.165) is 134 Å². The van der Waals surface area contributed by atoms with Gasteiger partial charge >= 0.3 is 0 Å². The van der Waals surface area contributed by atoms with Crippen molar-refractivity contribution < 1.29 is 38.5 Å². The highest BCUT2D eigenvalue weighted by molar-refractivity contribution is 5.81. The summed E-state index contributed by atoms with van der Waals surface area (Å²) >= 11 is 0. The van der Waals surface area contributed by atoms with Crippen LogP contribution in [0.15, 0.2) is 17.4 Å². The smallest absolute Gasteiger partial charge is 0.244 e. The van der Waals surface area contributed by atoms with Crippen LogP contribution >= 0.6 is 0 Å². The van der Waals surface area contributed by atoms with E-state index in [9.17, 15) is 24.3 Å². The number of aliphatic hydroxyl groups excluding tert-OH is 1. The van der Waals surface area contributed by atoms with Gasteiger partial charge in [-0.1, -0.05) is 114 Å². The standard InChI is InChI=1S/C65H114N20O8/c1-4-44-91-46-48-93-49-47-92-45-34-72-63-73-64(82-39-35-80(36-40-82)58(87)27-18-14-10-6-8-12-16-22-31-69-60(89)56(25-20-21-30-66)84-51-54(29-43-86)76-78-84)75-65(74-63)83-41-37-81(38-42-83)59(88)28-19-15-11-7-9-13-17-23-32-70-61(90)57(26-24-33-71-62(67)68)85-52-55(77-79-85)50-53(3)5-2/h1,51-53,56-57,86H,5-50,66H2,2-3H3,(H,69,89)(H,70,90)(H4,67,68,71)(H,72,73,74,75)/t53-,56-,57+/m0/s1. The topological polar surface area (TPSA) is 356 Å². The number of piperazine rings is 2. The van der Waals surface area contributed by atoms with Crippen LogP contribution in [0.4, 0.5) is 17.8 Å². The van der Waals surface area contributed by atoms with E-state index in [4.69, 9.17) is 52.8 Å². The molecule has 522 valence electrons. The minimum atomic E-state index is -0.475. The molecule has 10 N–H and O–H groups in total. The molecule has 4 amide bonds. The summed E-state index contributed by atoms with van der Waals surface area (Å²) in [5.41, 5.74) is 18.3. The van der Waals surface area contributed by atoms with Crippen LogP contribution in [0.25, 0.3) is 0 Å². The highest BCUT2D eigenvalue weighted by Gasteiger charge is 2.28. The van der Waals surface area contributed by atoms with Crippen molar-refractivity contribution in [3.8, 4) is 12.3 Å². The molecule has 2 fully saturated rings. The summed E-state index contributed by atoms with van der Waals surface area (Å²) in [4.78, 5) is 80.2. The molecule has 3 aromatic rings. The first-order valence-corrected chi connectivity index (χ1v) is 34.9. The number of terminal acetylenes is 1. The summed E-state index contributed by atoms with van der Waals surface area (Å²) in [6.07, 6.45) is 32.1. The molecular weight excluding hydrogens is 1190 g/mol. The molecule has 28 nitrogen and oxygen atoms in total. The molecule has 3 aromatic heterocycles. The lowest BCUT2D eigenvalue weighted by molar-refractivity contribution is -0.132. The van der Waals surface area contributed by atoms with Gasteiger partial charge in [-0.2, -0.15) is 15.0 Å². The number of anilines is 3. The number of aromatic nitrogens is 9. The summed E-state index contributed by atoms with van der Waals surface area (Å²) in [5.74, 6) is 4.74. The molecule has 5 heterocycles. The summed E-state index contributed by atoms with van der Waals surface area (Å²) in [6.45, 7) is 14.1. The number of nitrogens with two attached hydrogens (primary N) is 3. The number of ether oxygens (including phenoxy) is 3. The number of guanidine groups is 1. The van der Waals surface area contributed by atoms with Crippen LogP contribution in [0.2, 0.25) is 0 Å². The van der Waals surface area contributed by atoms with E-state index >= 15 is 0 Å². The van der Waals surface area contributed by atoms with E-state index in [1.54, 1.807) is 15.6 Å². The summed E-state index contributed by atoms with van der Waals surface area (Å²) in [7, 11) is 0. The van der Waals surface area contributed by atoms with Gasteiger partial charge in [-0.15, -0.1) is 16.6 Å². The van der Waals surface area contributed by atoms with Crippen molar-refractivity contribution in [2.75, 3.05) is 146 Å². The number of aliphatic imine (C=N–C) groups is 1. The van der Waals surface area contributed by atoms with Crippen molar-refractivity contribution in [1.29, 1.82) is 0 Å². The molecule has 93 heavy (non-hydrogen) atoms. The zero-order chi connectivity index (χ0) is 66.5. The number of hydrogen-bond donors (Lipinski definition) is 7. The van der Waals surface area contributed by atoms with Crippen molar-refractivity contribution >= 4 is 47.4 Å². The lowest BCUT2D eigenvalue weighted by atomic mass is 10.0. The number of nitrogens with one attached hydrogen (secondary N) is 3. The molecule has 2 aliphatic heterocycles. The Kier molecular flexibility index (Phi) is 39.0. The Labute approximate surface area is 552 Å². The van der Waals surface area contributed by atoms with E-state index in [2.05, 4.69) is 71.1 Å². The van der Waals surface area contributed by atoms with Gasteiger partial charge in [0.25, 0.3) is 0 Å². The number of unbranched alkanes of at least 4 members (excludes halogenated alkanes) is 15.